The minimum absolute atomic E-state index is 0.00322. The van der Waals surface area contributed by atoms with E-state index in [4.69, 9.17) is 17.0 Å². The van der Waals surface area contributed by atoms with Crippen molar-refractivity contribution in [1.29, 1.82) is 0 Å². The number of ether oxygens (including phenoxy) is 1. The first-order valence-electron chi connectivity index (χ1n) is 11.9. The first-order chi connectivity index (χ1) is 16.1. The molecule has 33 heavy (non-hydrogen) atoms. The van der Waals surface area contributed by atoms with Crippen LogP contribution in [0.25, 0.3) is 5.69 Å². The lowest BCUT2D eigenvalue weighted by Crippen LogP contribution is -2.36. The topological polar surface area (TPSA) is 42.3 Å². The van der Waals surface area contributed by atoms with Crippen LogP contribution in [0, 0.1) is 13.8 Å². The molecule has 2 aliphatic heterocycles. The van der Waals surface area contributed by atoms with Gasteiger partial charge >= 0.3 is 0 Å². The van der Waals surface area contributed by atoms with Crippen LogP contribution in [-0.4, -0.2) is 38.8 Å². The van der Waals surface area contributed by atoms with Gasteiger partial charge < -0.3 is 19.5 Å². The Hall–Kier alpha value is -2.70. The lowest BCUT2D eigenvalue weighted by molar-refractivity contribution is 0.0842. The fraction of sp³-hybridized carbons (Fsp3) is 0.407. The zero-order valence-corrected chi connectivity index (χ0v) is 20.4. The number of rotatable bonds is 6. The van der Waals surface area contributed by atoms with E-state index in [1.165, 1.54) is 28.2 Å². The molecule has 0 unspecified atom stereocenters. The third-order valence-corrected chi connectivity index (χ3v) is 7.37. The Labute approximate surface area is 201 Å². The van der Waals surface area contributed by atoms with Crippen LogP contribution in [0.15, 0.2) is 54.7 Å². The van der Waals surface area contributed by atoms with E-state index >= 15 is 0 Å². The molecular weight excluding hydrogens is 428 g/mol. The van der Waals surface area contributed by atoms with Gasteiger partial charge in [0.05, 0.1) is 23.9 Å². The van der Waals surface area contributed by atoms with E-state index in [2.05, 4.69) is 76.9 Å². The Kier molecular flexibility index (Phi) is 6.21. The Bertz CT molecular complexity index is 1120. The van der Waals surface area contributed by atoms with Gasteiger partial charge in [0.2, 0.25) is 0 Å². The minimum atomic E-state index is -0.00322. The Morgan fingerprint density at radius 1 is 1.15 bits per heavy atom. The fourth-order valence-corrected chi connectivity index (χ4v) is 5.63. The van der Waals surface area contributed by atoms with Crippen LogP contribution in [0.5, 0.6) is 0 Å². The lowest BCUT2D eigenvalue weighted by atomic mass is 9.96. The van der Waals surface area contributed by atoms with E-state index < -0.39 is 0 Å². The summed E-state index contributed by atoms with van der Waals surface area (Å²) in [6, 6.07) is 17.4. The van der Waals surface area contributed by atoms with E-state index in [9.17, 15) is 0 Å². The molecule has 0 saturated carbocycles. The first kappa shape index (κ1) is 22.1. The molecule has 4 heterocycles. The second kappa shape index (κ2) is 9.27. The van der Waals surface area contributed by atoms with E-state index in [1.54, 1.807) is 0 Å². The molecule has 5 nitrogen and oxygen atoms in total. The molecule has 0 amide bonds. The summed E-state index contributed by atoms with van der Waals surface area (Å²) in [4.78, 5) is 7.02. The van der Waals surface area contributed by atoms with E-state index in [0.717, 1.165) is 43.2 Å². The highest BCUT2D eigenvalue weighted by atomic mass is 32.1. The molecule has 2 fully saturated rings. The van der Waals surface area contributed by atoms with Crippen LogP contribution in [0.2, 0.25) is 0 Å². The van der Waals surface area contributed by atoms with Gasteiger partial charge in [0, 0.05) is 36.4 Å². The molecule has 172 valence electrons. The number of nitrogens with zero attached hydrogens (tertiary/aromatic N) is 3. The highest BCUT2D eigenvalue weighted by Gasteiger charge is 2.42. The average molecular weight is 461 g/mol. The number of aromatic nitrogens is 2. The number of hydrogen-bond acceptors (Lipinski definition) is 3. The molecule has 0 radical (unpaired) electrons. The molecule has 6 heteroatoms. The van der Waals surface area contributed by atoms with Crippen molar-refractivity contribution >= 4 is 17.3 Å². The van der Waals surface area contributed by atoms with Crippen LogP contribution in [0.4, 0.5) is 0 Å². The zero-order chi connectivity index (χ0) is 22.9. The average Bonchev–Trinajstić information content (AvgIpc) is 3.54. The molecule has 2 aliphatic rings. The summed E-state index contributed by atoms with van der Waals surface area (Å²) >= 11 is 5.86. The number of pyridine rings is 1. The Morgan fingerprint density at radius 2 is 1.97 bits per heavy atom. The van der Waals surface area contributed by atoms with Gasteiger partial charge in [0.15, 0.2) is 5.11 Å². The standard InChI is InChI=1S/C27H32N4OS/c1-4-20-10-12-21(13-11-20)31-18(2)16-23(19(31)3)26-25(24-9-5-6-14-28-24)29-27(33)30(26)17-22-8-7-15-32-22/h5-6,9-14,16,22,25-26H,4,7-8,15,17H2,1-3H3,(H,29,33)/t22-,25+,26-/m0/s1. The largest absolute Gasteiger partial charge is 0.376 e. The van der Waals surface area contributed by atoms with Crippen molar-refractivity contribution in [3.63, 3.8) is 0 Å². The number of hydrogen-bond donors (Lipinski definition) is 1. The number of thiocarbonyl (C=S) groups is 1. The monoisotopic (exact) mass is 460 g/mol. The summed E-state index contributed by atoms with van der Waals surface area (Å²) in [5.74, 6) is 0. The van der Waals surface area contributed by atoms with Crippen LogP contribution in [-0.2, 0) is 11.2 Å². The van der Waals surface area contributed by atoms with Crippen LogP contribution >= 0.6 is 12.2 Å². The zero-order valence-electron chi connectivity index (χ0n) is 19.6. The van der Waals surface area contributed by atoms with Gasteiger partial charge in [0.1, 0.15) is 0 Å². The summed E-state index contributed by atoms with van der Waals surface area (Å²) < 4.78 is 8.35. The molecule has 5 rings (SSSR count). The maximum Gasteiger partial charge on any atom is 0.170 e. The van der Waals surface area contributed by atoms with Crippen LogP contribution < -0.4 is 5.32 Å². The maximum absolute atomic E-state index is 5.99. The van der Waals surface area contributed by atoms with Crippen molar-refractivity contribution in [1.82, 2.24) is 19.8 Å². The predicted octanol–water partition coefficient (Wildman–Crippen LogP) is 5.20. The molecule has 2 saturated heterocycles. The van der Waals surface area contributed by atoms with Gasteiger partial charge in [-0.25, -0.2) is 0 Å². The molecular formula is C27H32N4OS. The van der Waals surface area contributed by atoms with Gasteiger partial charge in [-0.05, 0) is 86.8 Å². The van der Waals surface area contributed by atoms with Crippen molar-refractivity contribution in [3.8, 4) is 5.69 Å². The van der Waals surface area contributed by atoms with E-state index in [0.29, 0.717) is 0 Å². The van der Waals surface area contributed by atoms with Crippen LogP contribution in [0.3, 0.4) is 0 Å². The van der Waals surface area contributed by atoms with Crippen LogP contribution in [0.1, 0.15) is 60.1 Å². The second-order valence-electron chi connectivity index (χ2n) is 9.10. The highest BCUT2D eigenvalue weighted by molar-refractivity contribution is 7.80. The SMILES string of the molecule is CCc1ccc(-n2c(C)cc([C@H]3[C@@H](c4ccccn4)NC(=S)N3C[C@@H]3CCCO3)c2C)cc1. The second-order valence-corrected chi connectivity index (χ2v) is 9.48. The molecule has 3 atom stereocenters. The summed E-state index contributed by atoms with van der Waals surface area (Å²) in [5, 5.41) is 4.36. The van der Waals surface area contributed by atoms with E-state index in [1.807, 2.05) is 18.3 Å². The van der Waals surface area contributed by atoms with Crippen molar-refractivity contribution in [2.24, 2.45) is 0 Å². The van der Waals surface area contributed by atoms with Crippen molar-refractivity contribution in [2.45, 2.75) is 58.2 Å². The molecule has 3 aromatic rings. The number of aryl methyl sites for hydroxylation is 2. The van der Waals surface area contributed by atoms with Gasteiger partial charge in [-0.3, -0.25) is 4.98 Å². The number of benzene rings is 1. The summed E-state index contributed by atoms with van der Waals surface area (Å²) in [7, 11) is 0. The summed E-state index contributed by atoms with van der Waals surface area (Å²) in [6.45, 7) is 8.24. The van der Waals surface area contributed by atoms with Gasteiger partial charge in [-0.2, -0.15) is 0 Å². The molecule has 0 bridgehead atoms. The molecule has 0 aliphatic carbocycles. The fourth-order valence-electron chi connectivity index (χ4n) is 5.31. The molecule has 1 aromatic carbocycles. The molecule has 2 aromatic heterocycles. The minimum Gasteiger partial charge on any atom is -0.376 e. The van der Waals surface area contributed by atoms with Crippen molar-refractivity contribution < 1.29 is 4.74 Å². The molecule has 0 spiro atoms. The highest BCUT2D eigenvalue weighted by Crippen LogP contribution is 2.42. The van der Waals surface area contributed by atoms with E-state index in [-0.39, 0.29) is 18.2 Å². The Morgan fingerprint density at radius 3 is 2.64 bits per heavy atom. The summed E-state index contributed by atoms with van der Waals surface area (Å²) in [5.41, 5.74) is 7.31. The maximum atomic E-state index is 5.99. The van der Waals surface area contributed by atoms with Crippen molar-refractivity contribution in [2.75, 3.05) is 13.2 Å². The lowest BCUT2D eigenvalue weighted by Gasteiger charge is -2.30. The van der Waals surface area contributed by atoms with Gasteiger partial charge in [-0.1, -0.05) is 25.1 Å². The molecule has 1 N–H and O–H groups in total. The van der Waals surface area contributed by atoms with Gasteiger partial charge in [0.25, 0.3) is 0 Å². The number of nitrogens with one attached hydrogen (secondary N) is 1. The van der Waals surface area contributed by atoms with Crippen molar-refractivity contribution in [3.05, 3.63) is 82.9 Å². The Balaban J connectivity index is 1.57. The quantitative estimate of drug-likeness (QED) is 0.512. The third-order valence-electron chi connectivity index (χ3n) is 7.01. The normalized spacial score (nSPS) is 22.7. The summed E-state index contributed by atoms with van der Waals surface area (Å²) in [6.07, 6.45) is 5.33. The third kappa shape index (κ3) is 4.18. The smallest absolute Gasteiger partial charge is 0.170 e. The first-order valence-corrected chi connectivity index (χ1v) is 12.4. The van der Waals surface area contributed by atoms with Gasteiger partial charge in [-0.15, -0.1) is 0 Å². The predicted molar refractivity (Wildman–Crippen MR) is 136 cm³/mol.